The maximum atomic E-state index is 12.4. The Hall–Kier alpha value is -3.30. The number of nitrogens with zero attached hydrogens (tertiary/aromatic N) is 1. The van der Waals surface area contributed by atoms with Gasteiger partial charge < -0.3 is 15.2 Å². The van der Waals surface area contributed by atoms with Crippen LogP contribution in [0.2, 0.25) is 0 Å². The minimum absolute atomic E-state index is 0.168. The first kappa shape index (κ1) is 18.5. The van der Waals surface area contributed by atoms with Crippen LogP contribution in [0.5, 0.6) is 11.5 Å². The number of aryl methyl sites for hydroxylation is 1. The third kappa shape index (κ3) is 4.87. The minimum Gasteiger partial charge on any atom is -0.508 e. The average molecular weight is 378 g/mol. The van der Waals surface area contributed by atoms with E-state index in [0.29, 0.717) is 22.1 Å². The van der Waals surface area contributed by atoms with Crippen LogP contribution in [0.3, 0.4) is 0 Å². The fraction of sp³-hybridized carbons (Fsp3) is 0.143. The Balaban J connectivity index is 1.66. The summed E-state index contributed by atoms with van der Waals surface area (Å²) >= 11 is 1.27. The van der Waals surface area contributed by atoms with Gasteiger partial charge in [0.2, 0.25) is 0 Å². The van der Waals surface area contributed by atoms with Crippen LogP contribution in [0, 0.1) is 18.8 Å². The number of carbonyl (C=O) groups excluding carboxylic acids is 1. The fourth-order valence-corrected chi connectivity index (χ4v) is 3.17. The molecule has 0 radical (unpaired) electrons. The number of benzene rings is 2. The first-order valence-corrected chi connectivity index (χ1v) is 9.06. The number of phenolic OH excluding ortho intramolecular Hbond substituents is 1. The predicted molar refractivity (Wildman–Crippen MR) is 105 cm³/mol. The van der Waals surface area contributed by atoms with Crippen molar-refractivity contribution in [1.29, 1.82) is 0 Å². The normalized spacial score (nSPS) is 10.0. The van der Waals surface area contributed by atoms with Crippen LogP contribution in [0.25, 0.3) is 0 Å². The van der Waals surface area contributed by atoms with E-state index >= 15 is 0 Å². The van der Waals surface area contributed by atoms with Gasteiger partial charge in [0.25, 0.3) is 5.91 Å². The molecule has 0 fully saturated rings. The van der Waals surface area contributed by atoms with Crippen LogP contribution in [-0.4, -0.2) is 23.1 Å². The van der Waals surface area contributed by atoms with Crippen molar-refractivity contribution in [2.24, 2.45) is 0 Å². The summed E-state index contributed by atoms with van der Waals surface area (Å²) in [6.07, 6.45) is 0. The number of aromatic hydroxyl groups is 1. The topological polar surface area (TPSA) is 71.5 Å². The summed E-state index contributed by atoms with van der Waals surface area (Å²) in [5, 5.41) is 12.8. The molecule has 1 amide bonds. The van der Waals surface area contributed by atoms with Crippen LogP contribution in [-0.2, 0) is 6.54 Å². The highest BCUT2D eigenvalue weighted by Crippen LogP contribution is 2.18. The summed E-state index contributed by atoms with van der Waals surface area (Å²) in [5.74, 6) is 6.75. The molecule has 3 aromatic rings. The largest absolute Gasteiger partial charge is 0.508 e. The van der Waals surface area contributed by atoms with Crippen molar-refractivity contribution in [1.82, 2.24) is 10.3 Å². The summed E-state index contributed by atoms with van der Waals surface area (Å²) < 4.78 is 5.12. The Morgan fingerprint density at radius 3 is 2.52 bits per heavy atom. The van der Waals surface area contributed by atoms with Crippen molar-refractivity contribution < 1.29 is 14.6 Å². The Labute approximate surface area is 161 Å². The first-order chi connectivity index (χ1) is 13.0. The SMILES string of the molecule is COc1ccc(CNC(=O)c2sc(C#Cc3ccc(O)cc3)nc2C)cc1. The Kier molecular flexibility index (Phi) is 5.74. The van der Waals surface area contributed by atoms with Gasteiger partial charge in [0, 0.05) is 12.1 Å². The molecule has 0 saturated carbocycles. The summed E-state index contributed by atoms with van der Waals surface area (Å²) in [5.41, 5.74) is 2.41. The van der Waals surface area contributed by atoms with Gasteiger partial charge in [0.05, 0.1) is 12.8 Å². The Bertz CT molecular complexity index is 997. The van der Waals surface area contributed by atoms with Crippen molar-refractivity contribution in [2.45, 2.75) is 13.5 Å². The lowest BCUT2D eigenvalue weighted by atomic mass is 10.2. The molecular formula is C21H18N2O3S. The number of amides is 1. The van der Waals surface area contributed by atoms with Gasteiger partial charge >= 0.3 is 0 Å². The molecule has 2 N–H and O–H groups in total. The monoisotopic (exact) mass is 378 g/mol. The lowest BCUT2D eigenvalue weighted by Gasteiger charge is -2.05. The smallest absolute Gasteiger partial charge is 0.263 e. The lowest BCUT2D eigenvalue weighted by molar-refractivity contribution is 0.0954. The van der Waals surface area contributed by atoms with Crippen molar-refractivity contribution in [3.8, 4) is 23.3 Å². The van der Waals surface area contributed by atoms with E-state index in [2.05, 4.69) is 22.1 Å². The van der Waals surface area contributed by atoms with Gasteiger partial charge in [-0.05, 0) is 54.8 Å². The molecule has 2 aromatic carbocycles. The number of aromatic nitrogens is 1. The lowest BCUT2D eigenvalue weighted by Crippen LogP contribution is -2.22. The van der Waals surface area contributed by atoms with Crippen LogP contribution < -0.4 is 10.1 Å². The van der Waals surface area contributed by atoms with Crippen LogP contribution in [0.4, 0.5) is 0 Å². The van der Waals surface area contributed by atoms with E-state index in [-0.39, 0.29) is 11.7 Å². The molecule has 0 spiro atoms. The fourth-order valence-electron chi connectivity index (χ4n) is 2.34. The van der Waals surface area contributed by atoms with E-state index in [1.54, 1.807) is 38.3 Å². The first-order valence-electron chi connectivity index (χ1n) is 8.25. The summed E-state index contributed by atoms with van der Waals surface area (Å²) in [6, 6.07) is 14.1. The van der Waals surface area contributed by atoms with Crippen LogP contribution in [0.1, 0.15) is 31.5 Å². The van der Waals surface area contributed by atoms with Crippen LogP contribution >= 0.6 is 11.3 Å². The van der Waals surface area contributed by atoms with Gasteiger partial charge in [-0.1, -0.05) is 18.1 Å². The second kappa shape index (κ2) is 8.39. The number of hydrogen-bond acceptors (Lipinski definition) is 5. The molecule has 0 aliphatic heterocycles. The van der Waals surface area contributed by atoms with E-state index in [1.807, 2.05) is 24.3 Å². The highest BCUT2D eigenvalue weighted by Gasteiger charge is 2.14. The van der Waals surface area contributed by atoms with Gasteiger partial charge in [-0.25, -0.2) is 4.98 Å². The molecule has 0 unspecified atom stereocenters. The zero-order valence-electron chi connectivity index (χ0n) is 14.9. The van der Waals surface area contributed by atoms with E-state index < -0.39 is 0 Å². The van der Waals surface area contributed by atoms with E-state index in [1.165, 1.54) is 11.3 Å². The van der Waals surface area contributed by atoms with Crippen molar-refractivity contribution in [3.63, 3.8) is 0 Å². The molecule has 1 aromatic heterocycles. The zero-order chi connectivity index (χ0) is 19.2. The summed E-state index contributed by atoms with van der Waals surface area (Å²) in [6.45, 7) is 2.22. The highest BCUT2D eigenvalue weighted by molar-refractivity contribution is 7.14. The molecule has 5 nitrogen and oxygen atoms in total. The number of methoxy groups -OCH3 is 1. The minimum atomic E-state index is -0.168. The average Bonchev–Trinajstić information content (AvgIpc) is 3.07. The second-order valence-electron chi connectivity index (χ2n) is 5.76. The number of ether oxygens (including phenoxy) is 1. The maximum Gasteiger partial charge on any atom is 0.263 e. The van der Waals surface area contributed by atoms with E-state index in [0.717, 1.165) is 16.9 Å². The van der Waals surface area contributed by atoms with E-state index in [9.17, 15) is 9.90 Å². The molecule has 0 bridgehead atoms. The quantitative estimate of drug-likeness (QED) is 0.682. The molecule has 0 aliphatic rings. The molecular weight excluding hydrogens is 360 g/mol. The number of thiazole rings is 1. The van der Waals surface area contributed by atoms with Crippen molar-refractivity contribution >= 4 is 17.2 Å². The third-order valence-corrected chi connectivity index (χ3v) is 4.87. The van der Waals surface area contributed by atoms with Gasteiger partial charge in [0.15, 0.2) is 5.01 Å². The van der Waals surface area contributed by atoms with Gasteiger partial charge in [-0.15, -0.1) is 11.3 Å². The number of phenols is 1. The molecule has 27 heavy (non-hydrogen) atoms. The third-order valence-electron chi connectivity index (χ3n) is 3.80. The number of rotatable bonds is 4. The molecule has 0 atom stereocenters. The van der Waals surface area contributed by atoms with Gasteiger partial charge in [0.1, 0.15) is 16.4 Å². The second-order valence-corrected chi connectivity index (χ2v) is 6.76. The van der Waals surface area contributed by atoms with Crippen molar-refractivity contribution in [2.75, 3.05) is 7.11 Å². The Morgan fingerprint density at radius 2 is 1.85 bits per heavy atom. The van der Waals surface area contributed by atoms with Crippen LogP contribution in [0.15, 0.2) is 48.5 Å². The van der Waals surface area contributed by atoms with Gasteiger partial charge in [-0.3, -0.25) is 4.79 Å². The molecule has 6 heteroatoms. The number of hydrogen-bond donors (Lipinski definition) is 2. The maximum absolute atomic E-state index is 12.4. The molecule has 1 heterocycles. The predicted octanol–water partition coefficient (Wildman–Crippen LogP) is 3.50. The van der Waals surface area contributed by atoms with Crippen molar-refractivity contribution in [3.05, 3.63) is 75.2 Å². The zero-order valence-corrected chi connectivity index (χ0v) is 15.8. The number of carbonyl (C=O) groups is 1. The van der Waals surface area contributed by atoms with E-state index in [4.69, 9.17) is 4.74 Å². The van der Waals surface area contributed by atoms with Gasteiger partial charge in [-0.2, -0.15) is 0 Å². The Morgan fingerprint density at radius 1 is 1.15 bits per heavy atom. The highest BCUT2D eigenvalue weighted by atomic mass is 32.1. The molecule has 0 saturated heterocycles. The standard InChI is InChI=1S/C21H18N2O3S/c1-14-20(21(25)22-13-16-5-10-18(26-2)11-6-16)27-19(23-14)12-7-15-3-8-17(24)9-4-15/h3-6,8-11,24H,13H2,1-2H3,(H,22,25). The number of nitrogens with one attached hydrogen (secondary N) is 1. The molecule has 0 aliphatic carbocycles. The molecule has 136 valence electrons. The summed E-state index contributed by atoms with van der Waals surface area (Å²) in [4.78, 5) is 17.4. The summed E-state index contributed by atoms with van der Waals surface area (Å²) in [7, 11) is 1.62. The molecule has 3 rings (SSSR count).